The van der Waals surface area contributed by atoms with Crippen LogP contribution in [-0.2, 0) is 10.0 Å². The lowest BCUT2D eigenvalue weighted by Crippen LogP contribution is -2.38. The lowest BCUT2D eigenvalue weighted by Gasteiger charge is -2.24. The van der Waals surface area contributed by atoms with Gasteiger partial charge in [0.25, 0.3) is 10.0 Å². The lowest BCUT2D eigenvalue weighted by molar-refractivity contribution is -0.137. The van der Waals surface area contributed by atoms with Gasteiger partial charge >= 0.3 is 6.18 Å². The Bertz CT molecular complexity index is 671. The van der Waals surface area contributed by atoms with E-state index in [-0.39, 0.29) is 27.9 Å². The second-order valence-corrected chi connectivity index (χ2v) is 6.11. The summed E-state index contributed by atoms with van der Waals surface area (Å²) in [5.41, 5.74) is 0.0280. The maximum absolute atomic E-state index is 12.5. The van der Waals surface area contributed by atoms with Gasteiger partial charge < -0.3 is 4.90 Å². The van der Waals surface area contributed by atoms with Crippen LogP contribution < -0.4 is 0 Å². The molecule has 1 aliphatic rings. The molecule has 110 valence electrons. The van der Waals surface area contributed by atoms with Crippen LogP contribution in [0, 0.1) is 0 Å². The van der Waals surface area contributed by atoms with Crippen LogP contribution in [0.5, 0.6) is 0 Å². The average Bonchev–Trinajstić information content (AvgIpc) is 2.59. The molecule has 0 aliphatic carbocycles. The fourth-order valence-electron chi connectivity index (χ4n) is 1.91. The van der Waals surface area contributed by atoms with Crippen molar-refractivity contribution in [3.63, 3.8) is 0 Å². The maximum Gasteiger partial charge on any atom is 0.405 e. The molecule has 0 aromatic heterocycles. The Morgan fingerprint density at radius 1 is 1.35 bits per heavy atom. The highest BCUT2D eigenvalue weighted by Gasteiger charge is 2.38. The van der Waals surface area contributed by atoms with Crippen molar-refractivity contribution in [3.05, 3.63) is 28.8 Å². The molecule has 0 atom stereocenters. The molecule has 0 unspecified atom stereocenters. The number of amidine groups is 1. The Kier molecular flexibility index (Phi) is 3.72. The zero-order chi connectivity index (χ0) is 15.1. The minimum atomic E-state index is -4.47. The molecule has 0 fully saturated rings. The quantitative estimate of drug-likeness (QED) is 0.839. The van der Waals surface area contributed by atoms with Gasteiger partial charge in [-0.1, -0.05) is 17.7 Å². The second kappa shape index (κ2) is 4.92. The fourth-order valence-corrected chi connectivity index (χ4v) is 3.47. The Hall–Kier alpha value is -1.28. The summed E-state index contributed by atoms with van der Waals surface area (Å²) in [5.74, 6) is -0.259. The molecule has 1 aliphatic heterocycles. The van der Waals surface area contributed by atoms with E-state index < -0.39 is 22.7 Å². The molecule has 0 spiro atoms. The number of rotatable bonds is 2. The summed E-state index contributed by atoms with van der Waals surface area (Å²) >= 11 is 5.91. The van der Waals surface area contributed by atoms with Crippen LogP contribution in [0.15, 0.2) is 27.5 Å². The molecule has 0 bridgehead atoms. The second-order valence-electron chi connectivity index (χ2n) is 4.13. The first-order chi connectivity index (χ1) is 9.15. The van der Waals surface area contributed by atoms with Crippen molar-refractivity contribution in [2.24, 2.45) is 4.40 Å². The van der Waals surface area contributed by atoms with E-state index in [0.717, 1.165) is 4.90 Å². The summed E-state index contributed by atoms with van der Waals surface area (Å²) in [4.78, 5) is 0.676. The van der Waals surface area contributed by atoms with E-state index in [9.17, 15) is 21.6 Å². The molecule has 1 heterocycles. The number of fused-ring (bicyclic) bond motifs is 1. The third kappa shape index (κ3) is 2.76. The third-order valence-corrected chi connectivity index (χ3v) is 4.36. The van der Waals surface area contributed by atoms with Crippen molar-refractivity contribution < 1.29 is 21.6 Å². The van der Waals surface area contributed by atoms with Gasteiger partial charge in [-0.2, -0.15) is 21.6 Å². The lowest BCUT2D eigenvalue weighted by atomic mass is 10.2. The molecule has 1 aromatic carbocycles. The Labute approximate surface area is 118 Å². The summed E-state index contributed by atoms with van der Waals surface area (Å²) in [6.45, 7) is 0.150. The number of sulfonamides is 1. The highest BCUT2D eigenvalue weighted by Crippen LogP contribution is 2.33. The van der Waals surface area contributed by atoms with Crippen molar-refractivity contribution >= 4 is 27.5 Å². The first-order valence-electron chi connectivity index (χ1n) is 5.61. The van der Waals surface area contributed by atoms with Gasteiger partial charge in [-0.05, 0) is 19.1 Å². The number of alkyl halides is 3. The van der Waals surface area contributed by atoms with Gasteiger partial charge in [0.1, 0.15) is 11.4 Å². The van der Waals surface area contributed by atoms with Crippen molar-refractivity contribution in [2.45, 2.75) is 18.0 Å². The average molecular weight is 327 g/mol. The zero-order valence-corrected chi connectivity index (χ0v) is 11.8. The Balaban J connectivity index is 2.54. The van der Waals surface area contributed by atoms with E-state index in [1.807, 2.05) is 0 Å². The predicted molar refractivity (Wildman–Crippen MR) is 68.5 cm³/mol. The molecule has 20 heavy (non-hydrogen) atoms. The maximum atomic E-state index is 12.5. The Morgan fingerprint density at radius 2 is 2.00 bits per heavy atom. The van der Waals surface area contributed by atoms with Crippen LogP contribution in [0.4, 0.5) is 13.2 Å². The van der Waals surface area contributed by atoms with E-state index in [0.29, 0.717) is 0 Å². The molecule has 1 aromatic rings. The van der Waals surface area contributed by atoms with Gasteiger partial charge in [-0.25, -0.2) is 0 Å². The van der Waals surface area contributed by atoms with Gasteiger partial charge in [-0.3, -0.25) is 0 Å². The standard InChI is InChI=1S/C11H10ClF3N2O2S/c1-2-17(6-11(13,14)15)10-9-7(12)4-3-5-8(9)20(18,19)16-10/h3-5H,2,6H2,1H3. The van der Waals surface area contributed by atoms with Gasteiger partial charge in [0.05, 0.1) is 10.6 Å². The number of nitrogens with zero attached hydrogens (tertiary/aromatic N) is 2. The summed E-state index contributed by atoms with van der Waals surface area (Å²) in [6, 6.07) is 4.10. The van der Waals surface area contributed by atoms with Crippen LogP contribution in [0.1, 0.15) is 12.5 Å². The van der Waals surface area contributed by atoms with Crippen molar-refractivity contribution in [2.75, 3.05) is 13.1 Å². The van der Waals surface area contributed by atoms with Crippen LogP contribution in [0.2, 0.25) is 5.02 Å². The molecule has 0 N–H and O–H groups in total. The highest BCUT2D eigenvalue weighted by molar-refractivity contribution is 7.90. The highest BCUT2D eigenvalue weighted by atomic mass is 35.5. The summed E-state index contributed by atoms with van der Waals surface area (Å²) in [6.07, 6.45) is -4.47. The minimum Gasteiger partial charge on any atom is -0.347 e. The summed E-state index contributed by atoms with van der Waals surface area (Å²) in [7, 11) is -3.99. The van der Waals surface area contributed by atoms with Crippen LogP contribution in [-0.4, -0.2) is 38.4 Å². The third-order valence-electron chi connectivity index (χ3n) is 2.73. The van der Waals surface area contributed by atoms with Gasteiger partial charge in [0, 0.05) is 6.54 Å². The monoisotopic (exact) mass is 326 g/mol. The van der Waals surface area contributed by atoms with E-state index in [2.05, 4.69) is 4.40 Å². The van der Waals surface area contributed by atoms with Gasteiger partial charge in [-0.15, -0.1) is 4.40 Å². The summed E-state index contributed by atoms with van der Waals surface area (Å²) in [5, 5.41) is 0.0583. The fraction of sp³-hybridized carbons (Fsp3) is 0.364. The minimum absolute atomic E-state index is 0.0280. The van der Waals surface area contributed by atoms with E-state index in [1.54, 1.807) is 0 Å². The van der Waals surface area contributed by atoms with Crippen molar-refractivity contribution in [3.8, 4) is 0 Å². The number of hydrogen-bond acceptors (Lipinski definition) is 3. The number of halogens is 4. The topological polar surface area (TPSA) is 49.7 Å². The first-order valence-corrected chi connectivity index (χ1v) is 7.43. The van der Waals surface area contributed by atoms with Gasteiger partial charge in [0.2, 0.25) is 0 Å². The normalized spacial score (nSPS) is 16.8. The molecule has 4 nitrogen and oxygen atoms in total. The zero-order valence-electron chi connectivity index (χ0n) is 10.3. The van der Waals surface area contributed by atoms with Crippen LogP contribution in [0.25, 0.3) is 0 Å². The van der Waals surface area contributed by atoms with E-state index >= 15 is 0 Å². The molecule has 0 saturated heterocycles. The molecule has 2 rings (SSSR count). The smallest absolute Gasteiger partial charge is 0.347 e. The molecule has 0 saturated carbocycles. The predicted octanol–water partition coefficient (Wildman–Crippen LogP) is 2.67. The molecule has 0 radical (unpaired) electrons. The molecular weight excluding hydrogens is 317 g/mol. The van der Waals surface area contributed by atoms with E-state index in [4.69, 9.17) is 11.6 Å². The molecule has 0 amide bonds. The number of benzene rings is 1. The first kappa shape index (κ1) is 15.1. The number of hydrogen-bond donors (Lipinski definition) is 0. The molecular formula is C11H10ClF3N2O2S. The summed E-state index contributed by atoms with van der Waals surface area (Å²) < 4.78 is 64.7. The van der Waals surface area contributed by atoms with Crippen LogP contribution >= 0.6 is 11.6 Å². The van der Waals surface area contributed by atoms with Gasteiger partial charge in [0.15, 0.2) is 5.84 Å². The molecule has 9 heteroatoms. The van der Waals surface area contributed by atoms with Crippen LogP contribution in [0.3, 0.4) is 0 Å². The largest absolute Gasteiger partial charge is 0.405 e. The SMILES string of the molecule is CCN(CC(F)(F)F)C1=NS(=O)(=O)c2cccc(Cl)c21. The van der Waals surface area contributed by atoms with E-state index in [1.165, 1.54) is 25.1 Å². The Morgan fingerprint density at radius 3 is 2.55 bits per heavy atom. The van der Waals surface area contributed by atoms with Crippen molar-refractivity contribution in [1.82, 2.24) is 4.90 Å². The van der Waals surface area contributed by atoms with Crippen molar-refractivity contribution in [1.29, 1.82) is 0 Å².